The minimum absolute atomic E-state index is 0.104. The zero-order chi connectivity index (χ0) is 25.6. The Kier molecular flexibility index (Phi) is 9.14. The van der Waals surface area contributed by atoms with Gasteiger partial charge in [0.15, 0.2) is 5.75 Å². The van der Waals surface area contributed by atoms with E-state index in [9.17, 15) is 10.0 Å². The molecule has 0 radical (unpaired) electrons. The quantitative estimate of drug-likeness (QED) is 0.192. The SMILES string of the molecule is Cc1cc(Cl)c(OCCOc2ccc([C@H]3CCN(C(=O)OC(C)(C)C)C[C@@H]3/C=N/O)cc2)c(Cl)c1. The van der Waals surface area contributed by atoms with Crippen molar-refractivity contribution in [1.29, 1.82) is 0 Å². The molecule has 0 bridgehead atoms. The molecule has 1 heterocycles. The molecule has 1 aliphatic rings. The summed E-state index contributed by atoms with van der Waals surface area (Å²) in [5.74, 6) is 1.13. The van der Waals surface area contributed by atoms with Gasteiger partial charge in [-0.2, -0.15) is 0 Å². The molecule has 35 heavy (non-hydrogen) atoms. The van der Waals surface area contributed by atoms with Crippen LogP contribution >= 0.6 is 23.2 Å². The molecule has 9 heteroatoms. The predicted octanol–water partition coefficient (Wildman–Crippen LogP) is 6.56. The zero-order valence-electron chi connectivity index (χ0n) is 20.5. The summed E-state index contributed by atoms with van der Waals surface area (Å²) in [6, 6.07) is 11.4. The van der Waals surface area contributed by atoms with Crippen molar-refractivity contribution >= 4 is 35.5 Å². The number of likely N-dealkylation sites (tertiary alicyclic amines) is 1. The highest BCUT2D eigenvalue weighted by atomic mass is 35.5. The molecular formula is C26H32Cl2N2O5. The molecule has 2 aromatic rings. The van der Waals surface area contributed by atoms with Gasteiger partial charge in [0.1, 0.15) is 24.6 Å². The Labute approximate surface area is 216 Å². The zero-order valence-corrected chi connectivity index (χ0v) is 22.0. The fourth-order valence-electron chi connectivity index (χ4n) is 4.06. The fourth-order valence-corrected chi connectivity index (χ4v) is 4.77. The first-order valence-electron chi connectivity index (χ1n) is 11.5. The maximum atomic E-state index is 12.5. The normalized spacial score (nSPS) is 18.5. The van der Waals surface area contributed by atoms with Crippen LogP contribution in [-0.4, -0.2) is 54.3 Å². The van der Waals surface area contributed by atoms with Crippen LogP contribution in [0.4, 0.5) is 4.79 Å². The second kappa shape index (κ2) is 11.9. The molecule has 1 aliphatic heterocycles. The van der Waals surface area contributed by atoms with E-state index in [-0.39, 0.29) is 17.9 Å². The maximum Gasteiger partial charge on any atom is 0.410 e. The number of aryl methyl sites for hydroxylation is 1. The Bertz CT molecular complexity index is 1010. The van der Waals surface area contributed by atoms with Crippen LogP contribution < -0.4 is 9.47 Å². The van der Waals surface area contributed by atoms with Gasteiger partial charge in [-0.1, -0.05) is 35.3 Å². The maximum absolute atomic E-state index is 12.5. The molecule has 0 saturated carbocycles. The number of piperidine rings is 1. The summed E-state index contributed by atoms with van der Waals surface area (Å²) in [5, 5.41) is 13.4. The van der Waals surface area contributed by atoms with Crippen molar-refractivity contribution in [2.75, 3.05) is 26.3 Å². The molecule has 2 atom stereocenters. The van der Waals surface area contributed by atoms with Crippen molar-refractivity contribution in [2.45, 2.75) is 45.6 Å². The molecule has 3 rings (SSSR count). The van der Waals surface area contributed by atoms with E-state index in [1.54, 1.807) is 17.0 Å². The van der Waals surface area contributed by atoms with Crippen LogP contribution in [0.5, 0.6) is 11.5 Å². The van der Waals surface area contributed by atoms with Crippen LogP contribution in [0.15, 0.2) is 41.6 Å². The van der Waals surface area contributed by atoms with Crippen molar-refractivity contribution in [3.05, 3.63) is 57.6 Å². The summed E-state index contributed by atoms with van der Waals surface area (Å²) in [6.07, 6.45) is 1.86. The number of benzene rings is 2. The molecule has 7 nitrogen and oxygen atoms in total. The second-order valence-electron chi connectivity index (χ2n) is 9.57. The lowest BCUT2D eigenvalue weighted by atomic mass is 9.81. The minimum Gasteiger partial charge on any atom is -0.490 e. The van der Waals surface area contributed by atoms with Crippen LogP contribution in [0.25, 0.3) is 0 Å². The molecular weight excluding hydrogens is 491 g/mol. The van der Waals surface area contributed by atoms with Crippen LogP contribution in [-0.2, 0) is 4.74 Å². The molecule has 0 aromatic heterocycles. The standard InChI is InChI=1S/C26H32Cl2N2O5/c1-17-13-22(27)24(23(28)14-17)34-12-11-33-20-7-5-18(6-8-20)21-9-10-30(16-19(21)15-29-32)25(31)35-26(2,3)4/h5-8,13-15,19,21,32H,9-12,16H2,1-4H3/b29-15+/t19-,21+/m0/s1. The smallest absolute Gasteiger partial charge is 0.410 e. The molecule has 1 N–H and O–H groups in total. The van der Waals surface area contributed by atoms with Crippen LogP contribution in [0, 0.1) is 12.8 Å². The van der Waals surface area contributed by atoms with Gasteiger partial charge in [-0.15, -0.1) is 5.16 Å². The van der Waals surface area contributed by atoms with Gasteiger partial charge in [0, 0.05) is 25.2 Å². The van der Waals surface area contributed by atoms with Crippen LogP contribution in [0.2, 0.25) is 10.0 Å². The Morgan fingerprint density at radius 1 is 1.14 bits per heavy atom. The van der Waals surface area contributed by atoms with E-state index < -0.39 is 5.60 Å². The topological polar surface area (TPSA) is 80.6 Å². The van der Waals surface area contributed by atoms with Gasteiger partial charge in [-0.3, -0.25) is 0 Å². The van der Waals surface area contributed by atoms with Gasteiger partial charge >= 0.3 is 6.09 Å². The average Bonchev–Trinajstić information content (AvgIpc) is 2.77. The van der Waals surface area contributed by atoms with Gasteiger partial charge in [0.2, 0.25) is 0 Å². The lowest BCUT2D eigenvalue weighted by Crippen LogP contribution is -2.45. The van der Waals surface area contributed by atoms with E-state index in [1.807, 2.05) is 52.0 Å². The van der Waals surface area contributed by atoms with Crippen LogP contribution in [0.1, 0.15) is 44.2 Å². The lowest BCUT2D eigenvalue weighted by Gasteiger charge is -2.37. The number of rotatable bonds is 7. The van der Waals surface area contributed by atoms with E-state index >= 15 is 0 Å². The lowest BCUT2D eigenvalue weighted by molar-refractivity contribution is 0.0179. The first kappa shape index (κ1) is 27.0. The molecule has 1 saturated heterocycles. The average molecular weight is 523 g/mol. The van der Waals surface area contributed by atoms with E-state index in [2.05, 4.69) is 5.16 Å². The Morgan fingerprint density at radius 2 is 1.77 bits per heavy atom. The third-order valence-corrected chi connectivity index (χ3v) is 6.18. The number of carbonyl (C=O) groups is 1. The van der Waals surface area contributed by atoms with Crippen molar-refractivity contribution < 1.29 is 24.2 Å². The molecule has 1 fully saturated rings. The number of amides is 1. The van der Waals surface area contributed by atoms with Crippen molar-refractivity contribution in [3.63, 3.8) is 0 Å². The number of ether oxygens (including phenoxy) is 3. The number of hydrogen-bond acceptors (Lipinski definition) is 6. The van der Waals surface area contributed by atoms with Gasteiger partial charge < -0.3 is 24.3 Å². The predicted molar refractivity (Wildman–Crippen MR) is 138 cm³/mol. The highest BCUT2D eigenvalue weighted by Gasteiger charge is 2.33. The van der Waals surface area contributed by atoms with Gasteiger partial charge in [0.25, 0.3) is 0 Å². The molecule has 0 aliphatic carbocycles. The summed E-state index contributed by atoms with van der Waals surface area (Å²) < 4.78 is 17.0. The van der Waals surface area contributed by atoms with Crippen molar-refractivity contribution in [2.24, 2.45) is 11.1 Å². The molecule has 1 amide bonds. The summed E-state index contributed by atoms with van der Waals surface area (Å²) in [6.45, 7) is 9.04. The largest absolute Gasteiger partial charge is 0.490 e. The number of hydrogen-bond donors (Lipinski definition) is 1. The monoisotopic (exact) mass is 522 g/mol. The first-order chi connectivity index (χ1) is 16.6. The summed E-state index contributed by atoms with van der Waals surface area (Å²) in [7, 11) is 0. The highest BCUT2D eigenvalue weighted by molar-refractivity contribution is 6.37. The Hall–Kier alpha value is -2.64. The molecule has 0 spiro atoms. The van der Waals surface area contributed by atoms with Gasteiger partial charge in [0.05, 0.1) is 10.0 Å². The molecule has 190 valence electrons. The molecule has 0 unspecified atom stereocenters. The first-order valence-corrected chi connectivity index (χ1v) is 12.3. The second-order valence-corrected chi connectivity index (χ2v) is 10.4. The Balaban J connectivity index is 1.55. The van der Waals surface area contributed by atoms with Gasteiger partial charge in [-0.05, 0) is 75.4 Å². The van der Waals surface area contributed by atoms with Crippen molar-refractivity contribution in [1.82, 2.24) is 4.90 Å². The third kappa shape index (κ3) is 7.67. The number of carbonyl (C=O) groups excluding carboxylic acids is 1. The minimum atomic E-state index is -0.561. The Morgan fingerprint density at radius 3 is 2.37 bits per heavy atom. The van der Waals surface area contributed by atoms with E-state index in [1.165, 1.54) is 6.21 Å². The highest BCUT2D eigenvalue weighted by Crippen LogP contribution is 2.35. The summed E-state index contributed by atoms with van der Waals surface area (Å²) in [5.41, 5.74) is 1.49. The summed E-state index contributed by atoms with van der Waals surface area (Å²) in [4.78, 5) is 14.1. The van der Waals surface area contributed by atoms with E-state index in [0.717, 1.165) is 17.5 Å². The number of nitrogens with zero attached hydrogens (tertiary/aromatic N) is 2. The fraction of sp³-hybridized carbons (Fsp3) is 0.462. The summed E-state index contributed by atoms with van der Waals surface area (Å²) >= 11 is 12.4. The van der Waals surface area contributed by atoms with Crippen molar-refractivity contribution in [3.8, 4) is 11.5 Å². The third-order valence-electron chi connectivity index (χ3n) is 5.62. The van der Waals surface area contributed by atoms with Crippen LogP contribution in [0.3, 0.4) is 0 Å². The van der Waals surface area contributed by atoms with Gasteiger partial charge in [-0.25, -0.2) is 4.79 Å². The van der Waals surface area contributed by atoms with E-state index in [0.29, 0.717) is 47.8 Å². The van der Waals surface area contributed by atoms with E-state index in [4.69, 9.17) is 37.4 Å². The number of halogens is 2. The number of oxime groups is 1. The molecule has 2 aromatic carbocycles.